The Bertz CT molecular complexity index is 337. The second-order valence-corrected chi connectivity index (χ2v) is 5.09. The summed E-state index contributed by atoms with van der Waals surface area (Å²) in [4.78, 5) is 0. The van der Waals surface area contributed by atoms with Gasteiger partial charge in [0.1, 0.15) is 0 Å². The molecular formula is C14H20ClN. The topological polar surface area (TPSA) is 12.0 Å². The highest BCUT2D eigenvalue weighted by Gasteiger charge is 2.27. The largest absolute Gasteiger partial charge is 0.313 e. The predicted octanol–water partition coefficient (Wildman–Crippen LogP) is 3.98. The lowest BCUT2D eigenvalue weighted by molar-refractivity contribution is 0.479. The van der Waals surface area contributed by atoms with E-state index >= 15 is 0 Å². The number of hydrogen-bond acceptors (Lipinski definition) is 1. The molecule has 2 rings (SSSR count). The van der Waals surface area contributed by atoms with Crippen molar-refractivity contribution >= 4 is 11.6 Å². The second-order valence-electron chi connectivity index (χ2n) is 4.65. The summed E-state index contributed by atoms with van der Waals surface area (Å²) < 4.78 is 0. The quantitative estimate of drug-likeness (QED) is 0.836. The average Bonchev–Trinajstić information content (AvgIpc) is 2.74. The molecule has 0 amide bonds. The van der Waals surface area contributed by atoms with Crippen LogP contribution >= 0.6 is 11.6 Å². The molecule has 2 unspecified atom stereocenters. The molecule has 2 heteroatoms. The third-order valence-corrected chi connectivity index (χ3v) is 3.68. The maximum atomic E-state index is 6.05. The van der Waals surface area contributed by atoms with Crippen LogP contribution in [-0.4, -0.2) is 12.6 Å². The Morgan fingerprint density at radius 1 is 1.38 bits per heavy atom. The summed E-state index contributed by atoms with van der Waals surface area (Å²) in [5, 5.41) is 4.52. The van der Waals surface area contributed by atoms with Gasteiger partial charge in [-0.1, -0.05) is 37.1 Å². The number of benzene rings is 1. The molecule has 1 N–H and O–H groups in total. The van der Waals surface area contributed by atoms with E-state index in [4.69, 9.17) is 11.6 Å². The maximum Gasteiger partial charge on any atom is 0.0408 e. The van der Waals surface area contributed by atoms with Crippen molar-refractivity contribution in [2.75, 3.05) is 6.54 Å². The number of rotatable bonds is 4. The van der Waals surface area contributed by atoms with E-state index in [9.17, 15) is 0 Å². The molecule has 1 aliphatic carbocycles. The molecule has 1 aromatic carbocycles. The van der Waals surface area contributed by atoms with E-state index in [0.717, 1.165) is 11.6 Å². The zero-order chi connectivity index (χ0) is 11.4. The third kappa shape index (κ3) is 2.78. The summed E-state index contributed by atoms with van der Waals surface area (Å²) in [7, 11) is 0. The van der Waals surface area contributed by atoms with Crippen molar-refractivity contribution in [3.05, 3.63) is 34.9 Å². The molecule has 0 heterocycles. The van der Waals surface area contributed by atoms with Crippen molar-refractivity contribution in [1.29, 1.82) is 0 Å². The first-order chi connectivity index (χ1) is 7.81. The molecule has 0 bridgehead atoms. The van der Waals surface area contributed by atoms with Crippen LogP contribution in [0.2, 0.25) is 5.02 Å². The van der Waals surface area contributed by atoms with Crippen LogP contribution in [0.5, 0.6) is 0 Å². The molecule has 1 aromatic rings. The predicted molar refractivity (Wildman–Crippen MR) is 70.1 cm³/mol. The Balaban J connectivity index is 2.07. The smallest absolute Gasteiger partial charge is 0.0408 e. The lowest BCUT2D eigenvalue weighted by atomic mass is 9.94. The van der Waals surface area contributed by atoms with Gasteiger partial charge < -0.3 is 5.32 Å². The van der Waals surface area contributed by atoms with Crippen molar-refractivity contribution < 1.29 is 0 Å². The fourth-order valence-electron chi connectivity index (χ4n) is 2.67. The van der Waals surface area contributed by atoms with Gasteiger partial charge in [-0.15, -0.1) is 0 Å². The molecule has 88 valence electrons. The molecule has 0 saturated heterocycles. The fraction of sp³-hybridized carbons (Fsp3) is 0.571. The summed E-state index contributed by atoms with van der Waals surface area (Å²) >= 11 is 6.05. The number of hydrogen-bond donors (Lipinski definition) is 1. The monoisotopic (exact) mass is 237 g/mol. The van der Waals surface area contributed by atoms with E-state index in [2.05, 4.69) is 30.4 Å². The van der Waals surface area contributed by atoms with Crippen molar-refractivity contribution in [3.63, 3.8) is 0 Å². The first-order valence-electron chi connectivity index (χ1n) is 6.30. The van der Waals surface area contributed by atoms with Gasteiger partial charge in [0.2, 0.25) is 0 Å². The van der Waals surface area contributed by atoms with Crippen LogP contribution in [0, 0.1) is 0 Å². The summed E-state index contributed by atoms with van der Waals surface area (Å²) in [6.07, 6.45) is 5.14. The minimum absolute atomic E-state index is 0.651. The molecule has 0 aliphatic heterocycles. The minimum atomic E-state index is 0.651. The second kappa shape index (κ2) is 5.70. The lowest BCUT2D eigenvalue weighted by Crippen LogP contribution is -2.31. The first-order valence-corrected chi connectivity index (χ1v) is 6.68. The molecule has 0 aromatic heterocycles. The molecule has 0 radical (unpaired) electrons. The Kier molecular flexibility index (Phi) is 4.25. The molecule has 1 saturated carbocycles. The van der Waals surface area contributed by atoms with Crippen molar-refractivity contribution in [2.45, 2.75) is 44.6 Å². The highest BCUT2D eigenvalue weighted by atomic mass is 35.5. The van der Waals surface area contributed by atoms with Gasteiger partial charge in [-0.25, -0.2) is 0 Å². The van der Waals surface area contributed by atoms with Gasteiger partial charge in [-0.05, 0) is 49.4 Å². The third-order valence-electron chi connectivity index (χ3n) is 3.45. The molecule has 0 spiro atoms. The molecule has 1 aliphatic rings. The standard InChI is InChI=1S/C14H20ClN/c1-2-9-16-14-8-4-7-13(14)11-5-3-6-12(15)10-11/h3,5-6,10,13-14,16H,2,4,7-9H2,1H3. The van der Waals surface area contributed by atoms with Gasteiger partial charge in [0, 0.05) is 11.1 Å². The van der Waals surface area contributed by atoms with Gasteiger partial charge in [-0.3, -0.25) is 0 Å². The summed E-state index contributed by atoms with van der Waals surface area (Å²) in [6, 6.07) is 9.00. The molecular weight excluding hydrogens is 218 g/mol. The summed E-state index contributed by atoms with van der Waals surface area (Å²) in [5.41, 5.74) is 1.40. The van der Waals surface area contributed by atoms with E-state index in [1.165, 1.54) is 31.2 Å². The Morgan fingerprint density at radius 2 is 2.25 bits per heavy atom. The first kappa shape index (κ1) is 11.9. The Labute approximate surface area is 103 Å². The van der Waals surface area contributed by atoms with Crippen molar-refractivity contribution in [1.82, 2.24) is 5.32 Å². The van der Waals surface area contributed by atoms with E-state index in [0.29, 0.717) is 12.0 Å². The van der Waals surface area contributed by atoms with Crippen LogP contribution in [0.4, 0.5) is 0 Å². The van der Waals surface area contributed by atoms with Crippen LogP contribution in [0.25, 0.3) is 0 Å². The lowest BCUT2D eigenvalue weighted by Gasteiger charge is -2.21. The molecule has 1 nitrogen and oxygen atoms in total. The SMILES string of the molecule is CCCNC1CCCC1c1cccc(Cl)c1. The maximum absolute atomic E-state index is 6.05. The zero-order valence-electron chi connectivity index (χ0n) is 9.88. The Morgan fingerprint density at radius 3 is 3.00 bits per heavy atom. The number of halogens is 1. The highest BCUT2D eigenvalue weighted by Crippen LogP contribution is 2.35. The fourth-order valence-corrected chi connectivity index (χ4v) is 2.87. The van der Waals surface area contributed by atoms with Gasteiger partial charge in [-0.2, -0.15) is 0 Å². The van der Waals surface area contributed by atoms with E-state index in [1.54, 1.807) is 0 Å². The normalized spacial score (nSPS) is 24.9. The Hall–Kier alpha value is -0.530. The van der Waals surface area contributed by atoms with Crippen LogP contribution in [0.3, 0.4) is 0 Å². The van der Waals surface area contributed by atoms with E-state index in [-0.39, 0.29) is 0 Å². The highest BCUT2D eigenvalue weighted by molar-refractivity contribution is 6.30. The molecule has 2 atom stereocenters. The van der Waals surface area contributed by atoms with Crippen molar-refractivity contribution in [3.8, 4) is 0 Å². The van der Waals surface area contributed by atoms with Gasteiger partial charge in [0.25, 0.3) is 0 Å². The summed E-state index contributed by atoms with van der Waals surface area (Å²) in [6.45, 7) is 3.35. The van der Waals surface area contributed by atoms with Gasteiger partial charge in [0.05, 0.1) is 0 Å². The van der Waals surface area contributed by atoms with Crippen LogP contribution in [0.15, 0.2) is 24.3 Å². The summed E-state index contributed by atoms with van der Waals surface area (Å²) in [5.74, 6) is 0.658. The zero-order valence-corrected chi connectivity index (χ0v) is 10.6. The minimum Gasteiger partial charge on any atom is -0.313 e. The average molecular weight is 238 g/mol. The number of nitrogens with one attached hydrogen (secondary N) is 1. The van der Waals surface area contributed by atoms with Gasteiger partial charge in [0.15, 0.2) is 0 Å². The van der Waals surface area contributed by atoms with E-state index < -0.39 is 0 Å². The van der Waals surface area contributed by atoms with Crippen LogP contribution < -0.4 is 5.32 Å². The molecule has 16 heavy (non-hydrogen) atoms. The van der Waals surface area contributed by atoms with Gasteiger partial charge >= 0.3 is 0 Å². The van der Waals surface area contributed by atoms with Crippen LogP contribution in [-0.2, 0) is 0 Å². The molecule has 1 fully saturated rings. The van der Waals surface area contributed by atoms with E-state index in [1.807, 2.05) is 6.07 Å². The van der Waals surface area contributed by atoms with Crippen molar-refractivity contribution in [2.24, 2.45) is 0 Å². The van der Waals surface area contributed by atoms with Crippen LogP contribution in [0.1, 0.15) is 44.1 Å².